The first-order valence-corrected chi connectivity index (χ1v) is 31.1. The normalized spacial score (nSPS) is 12.5. The Bertz CT molecular complexity index is 3490. The van der Waals surface area contributed by atoms with E-state index in [0.717, 1.165) is 12.3 Å². The van der Waals surface area contributed by atoms with Crippen LogP contribution in [-0.2, 0) is 34.6 Å². The molecule has 1 aliphatic carbocycles. The van der Waals surface area contributed by atoms with Gasteiger partial charge in [-0.15, -0.1) is 0 Å². The lowest BCUT2D eigenvalue weighted by atomic mass is 9.83. The second kappa shape index (κ2) is 28.6. The van der Waals surface area contributed by atoms with Crippen LogP contribution in [-0.4, -0.2) is 0 Å². The van der Waals surface area contributed by atoms with Gasteiger partial charge in [0.1, 0.15) is 28.2 Å². The molecule has 4 aromatic heterocycles. The zero-order chi connectivity index (χ0) is 60.4. The summed E-state index contributed by atoms with van der Waals surface area (Å²) in [5.74, 6) is 3.07. The summed E-state index contributed by atoms with van der Waals surface area (Å²) >= 11 is 0. The van der Waals surface area contributed by atoms with E-state index in [1.54, 1.807) is 5.56 Å². The molecule has 1 aliphatic rings. The zero-order valence-electron chi connectivity index (χ0n) is 55.5. The molecular weight excluding hydrogens is 993 g/mol. The zero-order valence-corrected chi connectivity index (χ0v) is 55.5. The van der Waals surface area contributed by atoms with Gasteiger partial charge in [-0.05, 0) is 197 Å². The Labute approximate surface area is 499 Å². The van der Waals surface area contributed by atoms with Crippen molar-refractivity contribution < 1.29 is 18.3 Å². The number of aromatic nitrogens is 4. The van der Waals surface area contributed by atoms with Gasteiger partial charge in [0.2, 0.25) is 22.8 Å². The maximum Gasteiger partial charge on any atom is 0.212 e. The Morgan fingerprint density at radius 1 is 0.378 bits per heavy atom. The molecule has 4 nitrogen and oxygen atoms in total. The molecule has 4 aromatic carbocycles. The summed E-state index contributed by atoms with van der Waals surface area (Å²) in [6.07, 6.45) is 14.9. The Morgan fingerprint density at radius 2 is 0.793 bits per heavy atom. The SMILES string of the molecule is CCc1ccc(-c2cc(C)c(C(C)C)c[n+]2C)c(C)c1.Cc1cc(C(C)C)ccc1-c1cc(C)c(C(C)C)c[n+]1C.Cc1cc(C2CCCCC2)ccc1-c1ccc(C)c(C)[n+]1C.Cc1ccc(-c2cc(C)c(C(C)C)c[n+]2C)c(C)c1. The summed E-state index contributed by atoms with van der Waals surface area (Å²) in [4.78, 5) is 0. The number of aryl methyl sites for hydroxylation is 13. The first-order valence-electron chi connectivity index (χ1n) is 31.1. The topological polar surface area (TPSA) is 15.5 Å². The second-order valence-electron chi connectivity index (χ2n) is 25.7. The van der Waals surface area contributed by atoms with E-state index in [0.29, 0.717) is 23.7 Å². The molecule has 0 unspecified atom stereocenters. The number of benzene rings is 4. The van der Waals surface area contributed by atoms with Gasteiger partial charge in [-0.3, -0.25) is 0 Å². The van der Waals surface area contributed by atoms with Crippen LogP contribution in [0.25, 0.3) is 45.0 Å². The van der Waals surface area contributed by atoms with E-state index in [1.165, 1.54) is 161 Å². The van der Waals surface area contributed by atoms with E-state index in [9.17, 15) is 0 Å². The minimum Gasteiger partial charge on any atom is -0.201 e. The quantitative estimate of drug-likeness (QED) is 0.121. The van der Waals surface area contributed by atoms with Crippen LogP contribution in [0.4, 0.5) is 0 Å². The standard InChI is InChI=1S/C21H28N.C20H28N.C19H26N.C18H24N/c1-15-10-13-21(22(4)17(15)3)20-12-11-19(14-16(20)2)18-8-6-5-7-9-18;1-13(2)17-8-9-18(15(5)10-17)20-11-16(6)19(14(3)4)12-21(20)7;1-7-16-8-9-17(14(4)10-16)19-11-15(5)18(13(2)3)12-20(19)6;1-12(2)17-11-19(6)18(10-15(17)5)16-8-7-13(3)9-14(16)4/h10-14,18H,5-9H2,1-4H3;8-14H,1-7H3;8-13H,7H2,1-6H3;7-12H,1-6H3/q4*+1. The number of pyridine rings is 4. The molecule has 9 rings (SSSR count). The van der Waals surface area contributed by atoms with Crippen LogP contribution in [0.5, 0.6) is 0 Å². The van der Waals surface area contributed by atoms with Crippen LogP contribution >= 0.6 is 0 Å². The predicted molar refractivity (Wildman–Crippen MR) is 351 cm³/mol. The lowest BCUT2D eigenvalue weighted by Crippen LogP contribution is -2.35. The smallest absolute Gasteiger partial charge is 0.201 e. The molecule has 0 radical (unpaired) electrons. The van der Waals surface area contributed by atoms with Crippen molar-refractivity contribution in [3.05, 3.63) is 211 Å². The van der Waals surface area contributed by atoms with Gasteiger partial charge >= 0.3 is 0 Å². The third-order valence-corrected chi connectivity index (χ3v) is 17.8. The van der Waals surface area contributed by atoms with Gasteiger partial charge in [-0.2, -0.15) is 4.57 Å². The highest BCUT2D eigenvalue weighted by Gasteiger charge is 2.23. The molecule has 4 heterocycles. The molecule has 0 spiro atoms. The molecule has 0 saturated heterocycles. The van der Waals surface area contributed by atoms with Crippen molar-refractivity contribution in [3.8, 4) is 45.0 Å². The van der Waals surface area contributed by atoms with Crippen LogP contribution in [0.3, 0.4) is 0 Å². The summed E-state index contributed by atoms with van der Waals surface area (Å²) in [5.41, 5.74) is 32.8. The van der Waals surface area contributed by atoms with E-state index in [2.05, 4.69) is 300 Å². The first kappa shape index (κ1) is 64.6. The van der Waals surface area contributed by atoms with Gasteiger partial charge in [-0.1, -0.05) is 136 Å². The van der Waals surface area contributed by atoms with Crippen molar-refractivity contribution in [1.82, 2.24) is 0 Å². The molecular formula is C78H106N4+4. The highest BCUT2D eigenvalue weighted by molar-refractivity contribution is 5.65. The van der Waals surface area contributed by atoms with Gasteiger partial charge in [0, 0.05) is 75.7 Å². The summed E-state index contributed by atoms with van der Waals surface area (Å²) in [7, 11) is 8.61. The number of hydrogen-bond acceptors (Lipinski definition) is 0. The third-order valence-electron chi connectivity index (χ3n) is 17.8. The van der Waals surface area contributed by atoms with Gasteiger partial charge < -0.3 is 0 Å². The lowest BCUT2D eigenvalue weighted by molar-refractivity contribution is -0.667. The Kier molecular flexibility index (Phi) is 22.6. The molecule has 434 valence electrons. The van der Waals surface area contributed by atoms with Gasteiger partial charge in [-0.25, -0.2) is 13.7 Å². The molecule has 0 N–H and O–H groups in total. The minimum atomic E-state index is 0.565. The van der Waals surface area contributed by atoms with Crippen LogP contribution in [0.1, 0.15) is 213 Å². The molecule has 1 saturated carbocycles. The average Bonchev–Trinajstić information content (AvgIpc) is 3.61. The van der Waals surface area contributed by atoms with Crippen molar-refractivity contribution in [3.63, 3.8) is 0 Å². The summed E-state index contributed by atoms with van der Waals surface area (Å²) in [6.45, 7) is 42.3. The minimum absolute atomic E-state index is 0.565. The van der Waals surface area contributed by atoms with E-state index >= 15 is 0 Å². The van der Waals surface area contributed by atoms with Crippen LogP contribution < -0.4 is 18.3 Å². The fourth-order valence-electron chi connectivity index (χ4n) is 12.4. The molecule has 4 heteroatoms. The molecule has 82 heavy (non-hydrogen) atoms. The van der Waals surface area contributed by atoms with E-state index in [4.69, 9.17) is 0 Å². The predicted octanol–water partition coefficient (Wildman–Crippen LogP) is 18.9. The van der Waals surface area contributed by atoms with E-state index in [1.807, 2.05) is 0 Å². The van der Waals surface area contributed by atoms with Crippen LogP contribution in [0, 0.1) is 69.2 Å². The van der Waals surface area contributed by atoms with Crippen molar-refractivity contribution in [1.29, 1.82) is 0 Å². The fourth-order valence-corrected chi connectivity index (χ4v) is 12.4. The average molecular weight is 1100 g/mol. The Morgan fingerprint density at radius 3 is 1.21 bits per heavy atom. The second-order valence-corrected chi connectivity index (χ2v) is 25.7. The maximum absolute atomic E-state index is 2.43. The van der Waals surface area contributed by atoms with Crippen molar-refractivity contribution in [2.75, 3.05) is 0 Å². The van der Waals surface area contributed by atoms with E-state index < -0.39 is 0 Å². The molecule has 0 atom stereocenters. The van der Waals surface area contributed by atoms with Crippen LogP contribution in [0.2, 0.25) is 0 Å². The fraction of sp³-hybridized carbons (Fsp3) is 0.436. The summed E-state index contributed by atoms with van der Waals surface area (Å²) < 4.78 is 9.09. The molecule has 0 aliphatic heterocycles. The highest BCUT2D eigenvalue weighted by Crippen LogP contribution is 2.35. The monoisotopic (exact) mass is 1100 g/mol. The lowest BCUT2D eigenvalue weighted by Gasteiger charge is -2.22. The van der Waals surface area contributed by atoms with Gasteiger partial charge in [0.15, 0.2) is 24.3 Å². The van der Waals surface area contributed by atoms with Crippen molar-refractivity contribution >= 4 is 0 Å². The van der Waals surface area contributed by atoms with Gasteiger partial charge in [0.25, 0.3) is 0 Å². The molecule has 8 aromatic rings. The highest BCUT2D eigenvalue weighted by atomic mass is 14.9. The molecule has 1 fully saturated rings. The van der Waals surface area contributed by atoms with Crippen molar-refractivity contribution in [2.45, 2.75) is 200 Å². The largest absolute Gasteiger partial charge is 0.212 e. The van der Waals surface area contributed by atoms with Crippen molar-refractivity contribution in [2.24, 2.45) is 28.2 Å². The number of rotatable bonds is 10. The number of hydrogen-bond donors (Lipinski definition) is 0. The summed E-state index contributed by atoms with van der Waals surface area (Å²) in [6, 6.07) is 38.9. The first-order chi connectivity index (χ1) is 38.7. The van der Waals surface area contributed by atoms with Gasteiger partial charge in [0.05, 0.1) is 0 Å². The molecule has 0 bridgehead atoms. The summed E-state index contributed by atoms with van der Waals surface area (Å²) in [5, 5.41) is 0. The maximum atomic E-state index is 2.43. The van der Waals surface area contributed by atoms with Crippen LogP contribution in [0.15, 0.2) is 122 Å². The molecule has 0 amide bonds. The Hall–Kier alpha value is -6.52. The number of nitrogens with zero attached hydrogens (tertiary/aromatic N) is 4. The third kappa shape index (κ3) is 15.8. The Balaban J connectivity index is 0.000000176. The van der Waals surface area contributed by atoms with E-state index in [-0.39, 0.29) is 0 Å².